The fourth-order valence-corrected chi connectivity index (χ4v) is 2.91. The van der Waals surface area contributed by atoms with E-state index in [1.54, 1.807) is 14.0 Å². The number of fused-ring (bicyclic) bond motifs is 2. The van der Waals surface area contributed by atoms with Crippen LogP contribution in [-0.2, 0) is 9.53 Å². The molecule has 0 aromatic carbocycles. The number of nitrogens with one attached hydrogen (secondary N) is 1. The van der Waals surface area contributed by atoms with Crippen LogP contribution in [0.15, 0.2) is 12.2 Å². The highest BCUT2D eigenvalue weighted by atomic mass is 16.5. The summed E-state index contributed by atoms with van der Waals surface area (Å²) < 4.78 is 5.23. The van der Waals surface area contributed by atoms with Crippen molar-refractivity contribution in [2.24, 2.45) is 11.8 Å². The first-order chi connectivity index (χ1) is 6.66. The quantitative estimate of drug-likeness (QED) is 0.685. The molecule has 1 amide bonds. The van der Waals surface area contributed by atoms with Crippen molar-refractivity contribution < 1.29 is 9.53 Å². The molecule has 3 atom stereocenters. The van der Waals surface area contributed by atoms with Crippen molar-refractivity contribution in [1.82, 2.24) is 5.32 Å². The number of methoxy groups -OCH3 is 1. The molecule has 0 spiro atoms. The molecule has 0 radical (unpaired) electrons. The van der Waals surface area contributed by atoms with Crippen LogP contribution < -0.4 is 5.32 Å². The van der Waals surface area contributed by atoms with Gasteiger partial charge in [-0.05, 0) is 18.8 Å². The Bertz CT molecular complexity index is 274. The van der Waals surface area contributed by atoms with Crippen molar-refractivity contribution in [2.75, 3.05) is 13.7 Å². The number of hydrogen-bond donors (Lipinski definition) is 1. The van der Waals surface area contributed by atoms with Crippen molar-refractivity contribution in [3.63, 3.8) is 0 Å². The number of rotatable bonds is 3. The van der Waals surface area contributed by atoms with E-state index in [0.717, 1.165) is 6.42 Å². The second kappa shape index (κ2) is 3.39. The molecule has 3 unspecified atom stereocenters. The normalized spacial score (nSPS) is 39.0. The Balaban J connectivity index is 2.15. The maximum absolute atomic E-state index is 11.2. The van der Waals surface area contributed by atoms with Crippen molar-refractivity contribution in [2.45, 2.75) is 25.3 Å². The Morgan fingerprint density at radius 2 is 2.43 bits per heavy atom. The predicted octanol–water partition coefficient (Wildman–Crippen LogP) is 1.10. The summed E-state index contributed by atoms with van der Waals surface area (Å²) in [6, 6.07) is 0. The van der Waals surface area contributed by atoms with E-state index in [4.69, 9.17) is 4.74 Å². The second-order valence-electron chi connectivity index (χ2n) is 4.46. The average molecular weight is 195 g/mol. The summed E-state index contributed by atoms with van der Waals surface area (Å²) in [5, 5.41) is 3.07. The van der Waals surface area contributed by atoms with Gasteiger partial charge in [-0.2, -0.15) is 0 Å². The summed E-state index contributed by atoms with van der Waals surface area (Å²) in [6.45, 7) is 2.20. The van der Waals surface area contributed by atoms with Crippen molar-refractivity contribution in [1.29, 1.82) is 0 Å². The maximum Gasteiger partial charge on any atom is 0.217 e. The molecule has 3 nitrogen and oxygen atoms in total. The highest BCUT2D eigenvalue weighted by Crippen LogP contribution is 2.46. The summed E-state index contributed by atoms with van der Waals surface area (Å²) in [6.07, 6.45) is 6.69. The van der Waals surface area contributed by atoms with Crippen LogP contribution >= 0.6 is 0 Å². The first kappa shape index (κ1) is 9.71. The van der Waals surface area contributed by atoms with Gasteiger partial charge in [-0.1, -0.05) is 12.2 Å². The molecule has 78 valence electrons. The molecule has 0 heterocycles. The molecule has 0 aromatic heterocycles. The molecule has 0 aromatic rings. The smallest absolute Gasteiger partial charge is 0.217 e. The van der Waals surface area contributed by atoms with Crippen molar-refractivity contribution in [3.8, 4) is 0 Å². The molecular weight excluding hydrogens is 178 g/mol. The Hall–Kier alpha value is -0.830. The topological polar surface area (TPSA) is 38.3 Å². The SMILES string of the molecule is COCC1(NC(C)=O)CC2C=CC1C2. The third-order valence-corrected chi connectivity index (χ3v) is 3.34. The van der Waals surface area contributed by atoms with E-state index < -0.39 is 0 Å². The number of allylic oxidation sites excluding steroid dienone is 1. The zero-order valence-corrected chi connectivity index (χ0v) is 8.75. The van der Waals surface area contributed by atoms with E-state index in [0.29, 0.717) is 18.4 Å². The van der Waals surface area contributed by atoms with Gasteiger partial charge in [-0.3, -0.25) is 4.79 Å². The molecule has 2 rings (SSSR count). The molecule has 2 aliphatic rings. The lowest BCUT2D eigenvalue weighted by atomic mass is 9.85. The molecule has 14 heavy (non-hydrogen) atoms. The van der Waals surface area contributed by atoms with Crippen LogP contribution in [0.2, 0.25) is 0 Å². The van der Waals surface area contributed by atoms with Crippen molar-refractivity contribution in [3.05, 3.63) is 12.2 Å². The van der Waals surface area contributed by atoms with E-state index in [9.17, 15) is 4.79 Å². The van der Waals surface area contributed by atoms with Crippen LogP contribution in [0.5, 0.6) is 0 Å². The molecule has 1 fully saturated rings. The fourth-order valence-electron chi connectivity index (χ4n) is 2.91. The van der Waals surface area contributed by atoms with Gasteiger partial charge in [0.05, 0.1) is 12.1 Å². The second-order valence-corrected chi connectivity index (χ2v) is 4.46. The van der Waals surface area contributed by atoms with Gasteiger partial charge in [0, 0.05) is 20.0 Å². The zero-order chi connectivity index (χ0) is 10.2. The zero-order valence-electron chi connectivity index (χ0n) is 8.75. The van der Waals surface area contributed by atoms with E-state index in [1.165, 1.54) is 6.42 Å². The molecule has 0 saturated heterocycles. The first-order valence-electron chi connectivity index (χ1n) is 5.12. The summed E-state index contributed by atoms with van der Waals surface area (Å²) in [7, 11) is 1.69. The minimum Gasteiger partial charge on any atom is -0.382 e. The van der Waals surface area contributed by atoms with Gasteiger partial charge in [-0.25, -0.2) is 0 Å². The lowest BCUT2D eigenvalue weighted by Gasteiger charge is -2.35. The first-order valence-corrected chi connectivity index (χ1v) is 5.12. The summed E-state index contributed by atoms with van der Waals surface area (Å²) in [5.74, 6) is 1.15. The molecule has 1 N–H and O–H groups in total. The highest BCUT2D eigenvalue weighted by Gasteiger charge is 2.48. The van der Waals surface area contributed by atoms with E-state index in [1.807, 2.05) is 0 Å². The number of hydrogen-bond acceptors (Lipinski definition) is 2. The van der Waals surface area contributed by atoms with Crippen LogP contribution in [0, 0.1) is 11.8 Å². The average Bonchev–Trinajstić information content (AvgIpc) is 2.62. The van der Waals surface area contributed by atoms with Crippen LogP contribution in [0.4, 0.5) is 0 Å². The van der Waals surface area contributed by atoms with Gasteiger partial charge < -0.3 is 10.1 Å². The largest absolute Gasteiger partial charge is 0.382 e. The summed E-state index contributed by atoms with van der Waals surface area (Å²) in [4.78, 5) is 11.2. The van der Waals surface area contributed by atoms with Crippen LogP contribution in [0.25, 0.3) is 0 Å². The number of ether oxygens (including phenoxy) is 1. The van der Waals surface area contributed by atoms with Crippen LogP contribution in [0.3, 0.4) is 0 Å². The number of carbonyl (C=O) groups excluding carboxylic acids is 1. The molecule has 0 aliphatic heterocycles. The summed E-state index contributed by atoms with van der Waals surface area (Å²) in [5.41, 5.74) is -0.125. The van der Waals surface area contributed by atoms with Gasteiger partial charge in [0.25, 0.3) is 0 Å². The third kappa shape index (κ3) is 1.46. The van der Waals surface area contributed by atoms with E-state index >= 15 is 0 Å². The lowest BCUT2D eigenvalue weighted by molar-refractivity contribution is -0.122. The highest BCUT2D eigenvalue weighted by molar-refractivity contribution is 5.74. The summed E-state index contributed by atoms with van der Waals surface area (Å²) >= 11 is 0. The van der Waals surface area contributed by atoms with Gasteiger partial charge >= 0.3 is 0 Å². The van der Waals surface area contributed by atoms with E-state index in [-0.39, 0.29) is 11.4 Å². The number of carbonyl (C=O) groups is 1. The molecular formula is C11H17NO2. The third-order valence-electron chi connectivity index (χ3n) is 3.34. The molecule has 1 saturated carbocycles. The molecule has 2 bridgehead atoms. The Kier molecular flexibility index (Phi) is 2.35. The fraction of sp³-hybridized carbons (Fsp3) is 0.727. The minimum absolute atomic E-state index is 0.0444. The van der Waals surface area contributed by atoms with E-state index in [2.05, 4.69) is 17.5 Å². The Morgan fingerprint density at radius 1 is 1.64 bits per heavy atom. The van der Waals surface area contributed by atoms with Crippen molar-refractivity contribution >= 4 is 5.91 Å². The molecule has 3 heteroatoms. The van der Waals surface area contributed by atoms with Gasteiger partial charge in [0.2, 0.25) is 5.91 Å². The van der Waals surface area contributed by atoms with Gasteiger partial charge in [-0.15, -0.1) is 0 Å². The monoisotopic (exact) mass is 195 g/mol. The van der Waals surface area contributed by atoms with Crippen LogP contribution in [0.1, 0.15) is 19.8 Å². The van der Waals surface area contributed by atoms with Gasteiger partial charge in [0.15, 0.2) is 0 Å². The Labute approximate surface area is 84.5 Å². The Morgan fingerprint density at radius 3 is 2.86 bits per heavy atom. The maximum atomic E-state index is 11.2. The van der Waals surface area contributed by atoms with Crippen LogP contribution in [-0.4, -0.2) is 25.2 Å². The van der Waals surface area contributed by atoms with Gasteiger partial charge in [0.1, 0.15) is 0 Å². The standard InChI is InChI=1S/C11H17NO2/c1-8(13)12-11(7-14-2)6-9-3-4-10(11)5-9/h3-4,9-10H,5-7H2,1-2H3,(H,12,13). The minimum atomic E-state index is -0.125. The predicted molar refractivity (Wildman–Crippen MR) is 53.8 cm³/mol. The lowest BCUT2D eigenvalue weighted by Crippen LogP contribution is -2.54. The molecule has 2 aliphatic carbocycles. The number of amides is 1.